The van der Waals surface area contributed by atoms with Gasteiger partial charge in [-0.1, -0.05) is 13.8 Å². The Morgan fingerprint density at radius 3 is 1.68 bits per heavy atom. The van der Waals surface area contributed by atoms with E-state index in [2.05, 4.69) is 4.74 Å². The van der Waals surface area contributed by atoms with Gasteiger partial charge in [-0.2, -0.15) is 26.3 Å². The highest BCUT2D eigenvalue weighted by atomic mass is 19.4. The second kappa shape index (κ2) is 10.5. The molecule has 0 bridgehead atoms. The van der Waals surface area contributed by atoms with Gasteiger partial charge in [0.15, 0.2) is 0 Å². The summed E-state index contributed by atoms with van der Waals surface area (Å²) >= 11 is 0. The number of carbonyl (C=O) groups is 3. The molecule has 0 aromatic rings. The lowest BCUT2D eigenvalue weighted by atomic mass is 9.90. The van der Waals surface area contributed by atoms with Crippen molar-refractivity contribution in [3.8, 4) is 0 Å². The lowest BCUT2D eigenvalue weighted by Crippen LogP contribution is -2.47. The molecule has 0 N–H and O–H groups in total. The Kier molecular flexibility index (Phi) is 9.85. The molecular formula is C19H28F6O6. The fourth-order valence-corrected chi connectivity index (χ4v) is 1.75. The maximum absolute atomic E-state index is 12.1. The molecule has 0 saturated carbocycles. The summed E-state index contributed by atoms with van der Waals surface area (Å²) < 4.78 is 85.7. The molecule has 1 unspecified atom stereocenters. The molecule has 31 heavy (non-hydrogen) atoms. The van der Waals surface area contributed by atoms with Gasteiger partial charge >= 0.3 is 30.3 Å². The number of rotatable bonds is 6. The fraction of sp³-hybridized carbons (Fsp3) is 0.842. The number of alkyl halides is 6. The van der Waals surface area contributed by atoms with E-state index in [1.807, 2.05) is 6.92 Å². The first kappa shape index (κ1) is 29.0. The van der Waals surface area contributed by atoms with Crippen LogP contribution in [0.4, 0.5) is 26.3 Å². The summed E-state index contributed by atoms with van der Waals surface area (Å²) in [5.74, 6) is -2.28. The smallest absolute Gasteiger partial charge is 0.434 e. The van der Waals surface area contributed by atoms with Crippen LogP contribution < -0.4 is 0 Å². The summed E-state index contributed by atoms with van der Waals surface area (Å²) in [4.78, 5) is 33.8. The molecule has 1 heterocycles. The van der Waals surface area contributed by atoms with Crippen LogP contribution in [0.2, 0.25) is 0 Å². The van der Waals surface area contributed by atoms with Crippen LogP contribution in [0.3, 0.4) is 0 Å². The summed E-state index contributed by atoms with van der Waals surface area (Å²) in [5.41, 5.74) is -1.92. The van der Waals surface area contributed by atoms with E-state index in [4.69, 9.17) is 9.47 Å². The molecule has 0 amide bonds. The van der Waals surface area contributed by atoms with Crippen LogP contribution in [0.1, 0.15) is 60.8 Å². The van der Waals surface area contributed by atoms with E-state index >= 15 is 0 Å². The predicted molar refractivity (Wildman–Crippen MR) is 95.6 cm³/mol. The summed E-state index contributed by atoms with van der Waals surface area (Å²) in [7, 11) is 0. The molecule has 0 aromatic carbocycles. The van der Waals surface area contributed by atoms with Crippen molar-refractivity contribution in [3.05, 3.63) is 0 Å². The van der Waals surface area contributed by atoms with Crippen molar-refractivity contribution in [2.24, 2.45) is 10.8 Å². The molecule has 1 saturated heterocycles. The largest absolute Gasteiger partial charge is 0.463 e. The number of hydrogen-bond donors (Lipinski definition) is 0. The molecule has 1 rings (SSSR count). The molecule has 12 heteroatoms. The third-order valence-electron chi connectivity index (χ3n) is 4.83. The van der Waals surface area contributed by atoms with Gasteiger partial charge in [0.05, 0.1) is 17.4 Å². The van der Waals surface area contributed by atoms with Crippen molar-refractivity contribution >= 4 is 17.9 Å². The lowest BCUT2D eigenvalue weighted by Gasteiger charge is -2.27. The van der Waals surface area contributed by atoms with Gasteiger partial charge in [-0.15, -0.1) is 0 Å². The molecule has 6 nitrogen and oxygen atoms in total. The molecule has 182 valence electrons. The van der Waals surface area contributed by atoms with Gasteiger partial charge in [0.1, 0.15) is 0 Å². The van der Waals surface area contributed by atoms with Gasteiger partial charge in [-0.3, -0.25) is 9.59 Å². The molecule has 0 radical (unpaired) electrons. The average molecular weight is 466 g/mol. The highest BCUT2D eigenvalue weighted by Gasteiger charge is 2.60. The van der Waals surface area contributed by atoms with Crippen LogP contribution in [0.5, 0.6) is 0 Å². The standard InChI is InChI=1S/C10H16O4.C9H12F6O2/c1-4-10(2,3)9(12)14-7-5-6-13-8(7)11;1-4-7(2,3)6(16)17-5(8(10,11)12)9(13,14)15/h7H,4-6H2,1-3H3;5H,4H2,1-3H3. The number of halogens is 6. The Labute approximate surface area is 176 Å². The molecule has 0 aliphatic carbocycles. The van der Waals surface area contributed by atoms with E-state index < -0.39 is 47.3 Å². The number of carbonyl (C=O) groups excluding carboxylic acids is 3. The van der Waals surface area contributed by atoms with Gasteiger partial charge in [-0.25, -0.2) is 4.79 Å². The van der Waals surface area contributed by atoms with Crippen molar-refractivity contribution in [3.63, 3.8) is 0 Å². The highest BCUT2D eigenvalue weighted by molar-refractivity contribution is 5.82. The topological polar surface area (TPSA) is 78.9 Å². The minimum atomic E-state index is -5.67. The van der Waals surface area contributed by atoms with Crippen molar-refractivity contribution in [1.82, 2.24) is 0 Å². The third-order valence-corrected chi connectivity index (χ3v) is 4.83. The maximum Gasteiger partial charge on any atom is 0.434 e. The predicted octanol–water partition coefficient (Wildman–Crippen LogP) is 4.74. The summed E-state index contributed by atoms with van der Waals surface area (Å²) in [6.45, 7) is 9.73. The van der Waals surface area contributed by atoms with E-state index in [9.17, 15) is 40.7 Å². The van der Waals surface area contributed by atoms with E-state index in [0.717, 1.165) is 0 Å². The van der Waals surface area contributed by atoms with Crippen LogP contribution in [0, 0.1) is 10.8 Å². The Bertz CT molecular complexity index is 625. The van der Waals surface area contributed by atoms with Crippen molar-refractivity contribution in [1.29, 1.82) is 0 Å². The number of hydrogen-bond acceptors (Lipinski definition) is 6. The first-order chi connectivity index (χ1) is 13.8. The summed E-state index contributed by atoms with van der Waals surface area (Å²) in [6, 6.07) is 0. The normalized spacial score (nSPS) is 17.6. The van der Waals surface area contributed by atoms with Crippen molar-refractivity contribution in [2.75, 3.05) is 6.61 Å². The van der Waals surface area contributed by atoms with Crippen LogP contribution >= 0.6 is 0 Å². The zero-order chi connectivity index (χ0) is 24.8. The lowest BCUT2D eigenvalue weighted by molar-refractivity contribution is -0.315. The summed E-state index contributed by atoms with van der Waals surface area (Å²) in [5, 5.41) is 0. The molecule has 0 aromatic heterocycles. The Morgan fingerprint density at radius 1 is 0.935 bits per heavy atom. The van der Waals surface area contributed by atoms with E-state index in [1.165, 1.54) is 20.8 Å². The highest BCUT2D eigenvalue weighted by Crippen LogP contribution is 2.37. The number of esters is 3. The second-order valence-corrected chi connectivity index (χ2v) is 8.19. The number of ether oxygens (including phenoxy) is 3. The van der Waals surface area contributed by atoms with Gasteiger partial charge < -0.3 is 14.2 Å². The van der Waals surface area contributed by atoms with E-state index in [-0.39, 0.29) is 12.4 Å². The van der Waals surface area contributed by atoms with Crippen LogP contribution in [0.15, 0.2) is 0 Å². The molecule has 1 fully saturated rings. The molecule has 1 aliphatic heterocycles. The van der Waals surface area contributed by atoms with Gasteiger partial charge in [0.25, 0.3) is 6.10 Å². The fourth-order valence-electron chi connectivity index (χ4n) is 1.75. The van der Waals surface area contributed by atoms with Crippen LogP contribution in [-0.4, -0.2) is 49.1 Å². The minimum absolute atomic E-state index is 0.0638. The molecule has 1 atom stereocenters. The van der Waals surface area contributed by atoms with Gasteiger partial charge in [0, 0.05) is 6.42 Å². The SMILES string of the molecule is CCC(C)(C)C(=O)OC(C(F)(F)F)C(F)(F)F.CCC(C)(C)C(=O)OC1CCOC1=O. The first-order valence-corrected chi connectivity index (χ1v) is 9.51. The first-order valence-electron chi connectivity index (χ1n) is 9.51. The van der Waals surface area contributed by atoms with Crippen molar-refractivity contribution < 1.29 is 54.9 Å². The Hall–Kier alpha value is -2.01. The quantitative estimate of drug-likeness (QED) is 0.320. The second-order valence-electron chi connectivity index (χ2n) is 8.19. The average Bonchev–Trinajstić information content (AvgIpc) is 3.02. The van der Waals surface area contributed by atoms with Crippen LogP contribution in [-0.2, 0) is 28.6 Å². The van der Waals surface area contributed by atoms with Crippen LogP contribution in [0.25, 0.3) is 0 Å². The van der Waals surface area contributed by atoms with E-state index in [0.29, 0.717) is 19.4 Å². The Balaban J connectivity index is 0.000000590. The number of cyclic esters (lactones) is 1. The van der Waals surface area contributed by atoms with Gasteiger partial charge in [0.2, 0.25) is 6.10 Å². The molecule has 1 aliphatic rings. The zero-order valence-corrected chi connectivity index (χ0v) is 18.2. The monoisotopic (exact) mass is 466 g/mol. The third kappa shape index (κ3) is 8.94. The van der Waals surface area contributed by atoms with E-state index in [1.54, 1.807) is 13.8 Å². The van der Waals surface area contributed by atoms with Gasteiger partial charge in [-0.05, 0) is 40.5 Å². The summed E-state index contributed by atoms with van der Waals surface area (Å²) in [6.07, 6.45) is -14.9. The molecular weight excluding hydrogens is 438 g/mol. The zero-order valence-electron chi connectivity index (χ0n) is 18.2. The molecule has 0 spiro atoms. The van der Waals surface area contributed by atoms with Crippen molar-refractivity contribution in [2.45, 2.75) is 85.4 Å². The minimum Gasteiger partial charge on any atom is -0.463 e. The maximum atomic E-state index is 12.1. The Morgan fingerprint density at radius 2 is 1.35 bits per heavy atom.